The molecular formula is C10H12Cl2N2O2. The molecule has 1 aromatic rings. The van der Waals surface area contributed by atoms with Crippen LogP contribution in [0.2, 0.25) is 10.0 Å². The summed E-state index contributed by atoms with van der Waals surface area (Å²) in [6.07, 6.45) is 0.215. The number of carbonyl (C=O) groups is 1. The Kier molecular flexibility index (Phi) is 4.86. The molecule has 0 spiro atoms. The molecule has 1 amide bonds. The predicted molar refractivity (Wildman–Crippen MR) is 63.7 cm³/mol. The van der Waals surface area contributed by atoms with Crippen molar-refractivity contribution in [2.24, 2.45) is 5.84 Å². The maximum absolute atomic E-state index is 10.4. The van der Waals surface area contributed by atoms with Crippen molar-refractivity contribution >= 4 is 29.3 Å². The number of aryl methyl sites for hydroxylation is 1. The second kappa shape index (κ2) is 5.94. The van der Waals surface area contributed by atoms with Crippen molar-refractivity contribution in [1.82, 2.24) is 5.01 Å². The van der Waals surface area contributed by atoms with Crippen LogP contribution >= 0.6 is 23.2 Å². The van der Waals surface area contributed by atoms with Crippen LogP contribution in [0.4, 0.5) is 4.79 Å². The first-order valence-corrected chi connectivity index (χ1v) is 5.45. The van der Waals surface area contributed by atoms with E-state index in [2.05, 4.69) is 0 Å². The lowest BCUT2D eigenvalue weighted by atomic mass is 10.1. The molecule has 1 rings (SSSR count). The second-order valence-electron chi connectivity index (χ2n) is 3.33. The fourth-order valence-corrected chi connectivity index (χ4v) is 1.56. The third-order valence-electron chi connectivity index (χ3n) is 2.09. The Bertz CT molecular complexity index is 385. The molecule has 0 saturated heterocycles. The first-order valence-electron chi connectivity index (χ1n) is 4.70. The standard InChI is InChI=1S/C10H12Cl2N2O2/c11-8-4-3-7(6-9(8)12)2-1-5-14(13)10(15)16/h3-4,6H,1-2,5,13H2,(H,15,16). The number of nitrogens with zero attached hydrogens (tertiary/aromatic N) is 1. The van der Waals surface area contributed by atoms with Gasteiger partial charge in [-0.05, 0) is 30.5 Å². The van der Waals surface area contributed by atoms with Gasteiger partial charge in [0.05, 0.1) is 10.0 Å². The molecule has 1 aromatic carbocycles. The van der Waals surface area contributed by atoms with Crippen molar-refractivity contribution in [2.75, 3.05) is 6.54 Å². The minimum Gasteiger partial charge on any atom is -0.464 e. The van der Waals surface area contributed by atoms with Crippen LogP contribution in [-0.4, -0.2) is 22.8 Å². The van der Waals surface area contributed by atoms with Crippen molar-refractivity contribution in [2.45, 2.75) is 12.8 Å². The van der Waals surface area contributed by atoms with Crippen molar-refractivity contribution in [1.29, 1.82) is 0 Å². The maximum atomic E-state index is 10.4. The number of amides is 1. The van der Waals surface area contributed by atoms with Crippen LogP contribution in [0.1, 0.15) is 12.0 Å². The minimum atomic E-state index is -1.13. The largest absolute Gasteiger partial charge is 0.464 e. The summed E-state index contributed by atoms with van der Waals surface area (Å²) in [7, 11) is 0. The van der Waals surface area contributed by atoms with E-state index in [1.807, 2.05) is 6.07 Å². The molecule has 0 unspecified atom stereocenters. The van der Waals surface area contributed by atoms with Gasteiger partial charge in [-0.3, -0.25) is 0 Å². The number of hydrazine groups is 1. The van der Waals surface area contributed by atoms with E-state index in [-0.39, 0.29) is 6.54 Å². The van der Waals surface area contributed by atoms with Crippen molar-refractivity contribution in [3.05, 3.63) is 33.8 Å². The number of carboxylic acid groups (broad SMARTS) is 1. The van der Waals surface area contributed by atoms with Gasteiger partial charge < -0.3 is 5.11 Å². The van der Waals surface area contributed by atoms with E-state index < -0.39 is 6.09 Å². The van der Waals surface area contributed by atoms with Gasteiger partial charge in [-0.1, -0.05) is 29.3 Å². The van der Waals surface area contributed by atoms with Crippen LogP contribution < -0.4 is 5.84 Å². The highest BCUT2D eigenvalue weighted by Crippen LogP contribution is 2.23. The van der Waals surface area contributed by atoms with E-state index in [0.717, 1.165) is 10.6 Å². The summed E-state index contributed by atoms with van der Waals surface area (Å²) in [6.45, 7) is 0.287. The minimum absolute atomic E-state index is 0.287. The van der Waals surface area contributed by atoms with Gasteiger partial charge >= 0.3 is 6.09 Å². The molecule has 0 atom stereocenters. The smallest absolute Gasteiger partial charge is 0.421 e. The van der Waals surface area contributed by atoms with Gasteiger partial charge in [-0.25, -0.2) is 15.6 Å². The third kappa shape index (κ3) is 3.89. The average Bonchev–Trinajstić information content (AvgIpc) is 2.23. The van der Waals surface area contributed by atoms with E-state index in [0.29, 0.717) is 22.9 Å². The SMILES string of the molecule is NN(CCCc1ccc(Cl)c(Cl)c1)C(=O)O. The second-order valence-corrected chi connectivity index (χ2v) is 4.14. The van der Waals surface area contributed by atoms with Gasteiger partial charge in [-0.15, -0.1) is 0 Å². The van der Waals surface area contributed by atoms with Crippen LogP contribution in [-0.2, 0) is 6.42 Å². The average molecular weight is 263 g/mol. The van der Waals surface area contributed by atoms with Crippen molar-refractivity contribution < 1.29 is 9.90 Å². The molecule has 3 N–H and O–H groups in total. The molecule has 4 nitrogen and oxygen atoms in total. The lowest BCUT2D eigenvalue weighted by Gasteiger charge is -2.11. The summed E-state index contributed by atoms with van der Waals surface area (Å²) in [5.74, 6) is 5.22. The van der Waals surface area contributed by atoms with Crippen LogP contribution in [0.15, 0.2) is 18.2 Å². The molecule has 0 aliphatic rings. The Morgan fingerprint density at radius 1 is 1.38 bits per heavy atom. The molecule has 88 valence electrons. The number of hydrogen-bond donors (Lipinski definition) is 2. The Labute approximate surface area is 104 Å². The zero-order chi connectivity index (χ0) is 12.1. The Balaban J connectivity index is 2.43. The Hall–Kier alpha value is -0.970. The number of rotatable bonds is 4. The molecule has 0 heterocycles. The van der Waals surface area contributed by atoms with Crippen LogP contribution in [0.25, 0.3) is 0 Å². The number of nitrogens with two attached hydrogens (primary N) is 1. The van der Waals surface area contributed by atoms with Gasteiger partial charge in [0.15, 0.2) is 0 Å². The van der Waals surface area contributed by atoms with E-state index in [9.17, 15) is 4.79 Å². The molecule has 0 radical (unpaired) electrons. The summed E-state index contributed by atoms with van der Waals surface area (Å²) in [6, 6.07) is 5.35. The summed E-state index contributed by atoms with van der Waals surface area (Å²) >= 11 is 11.6. The van der Waals surface area contributed by atoms with Gasteiger partial charge in [0.2, 0.25) is 0 Å². The van der Waals surface area contributed by atoms with Crippen molar-refractivity contribution in [3.63, 3.8) is 0 Å². The van der Waals surface area contributed by atoms with E-state index in [4.69, 9.17) is 34.2 Å². The monoisotopic (exact) mass is 262 g/mol. The molecular weight excluding hydrogens is 251 g/mol. The molecule has 0 aliphatic carbocycles. The van der Waals surface area contributed by atoms with Gasteiger partial charge in [-0.2, -0.15) is 0 Å². The molecule has 0 aliphatic heterocycles. The molecule has 0 bridgehead atoms. The topological polar surface area (TPSA) is 66.6 Å². The third-order valence-corrected chi connectivity index (χ3v) is 2.83. The number of halogens is 2. The van der Waals surface area contributed by atoms with Gasteiger partial charge in [0, 0.05) is 6.54 Å². The molecule has 0 fully saturated rings. The maximum Gasteiger partial charge on any atom is 0.421 e. The fourth-order valence-electron chi connectivity index (χ4n) is 1.24. The van der Waals surface area contributed by atoms with E-state index in [1.54, 1.807) is 12.1 Å². The highest BCUT2D eigenvalue weighted by Gasteiger charge is 2.05. The zero-order valence-corrected chi connectivity index (χ0v) is 10.0. The first-order chi connectivity index (χ1) is 7.50. The predicted octanol–water partition coefficient (Wildman–Crippen LogP) is 2.78. The fraction of sp³-hybridized carbons (Fsp3) is 0.300. The highest BCUT2D eigenvalue weighted by molar-refractivity contribution is 6.42. The normalized spacial score (nSPS) is 10.2. The first kappa shape index (κ1) is 13.1. The Morgan fingerprint density at radius 2 is 2.06 bits per heavy atom. The lowest BCUT2D eigenvalue weighted by molar-refractivity contribution is 0.145. The van der Waals surface area contributed by atoms with Crippen LogP contribution in [0, 0.1) is 0 Å². The van der Waals surface area contributed by atoms with Crippen LogP contribution in [0.3, 0.4) is 0 Å². The number of hydrogen-bond acceptors (Lipinski definition) is 2. The summed E-state index contributed by atoms with van der Waals surface area (Å²) in [5.41, 5.74) is 1.01. The summed E-state index contributed by atoms with van der Waals surface area (Å²) in [5, 5.41) is 10.3. The molecule has 6 heteroatoms. The molecule has 0 saturated carbocycles. The zero-order valence-electron chi connectivity index (χ0n) is 8.49. The van der Waals surface area contributed by atoms with E-state index >= 15 is 0 Å². The molecule has 16 heavy (non-hydrogen) atoms. The lowest BCUT2D eigenvalue weighted by Crippen LogP contribution is -2.37. The highest BCUT2D eigenvalue weighted by atomic mass is 35.5. The van der Waals surface area contributed by atoms with Gasteiger partial charge in [0.1, 0.15) is 0 Å². The van der Waals surface area contributed by atoms with E-state index in [1.165, 1.54) is 0 Å². The quantitative estimate of drug-likeness (QED) is 0.498. The Morgan fingerprint density at radius 3 is 2.62 bits per heavy atom. The summed E-state index contributed by atoms with van der Waals surface area (Å²) in [4.78, 5) is 10.4. The van der Waals surface area contributed by atoms with Gasteiger partial charge in [0.25, 0.3) is 0 Å². The molecule has 0 aromatic heterocycles. The van der Waals surface area contributed by atoms with Crippen molar-refractivity contribution in [3.8, 4) is 0 Å². The van der Waals surface area contributed by atoms with Crippen LogP contribution in [0.5, 0.6) is 0 Å². The number of benzene rings is 1. The summed E-state index contributed by atoms with van der Waals surface area (Å²) < 4.78 is 0.